The Morgan fingerprint density at radius 1 is 1.00 bits per heavy atom. The number of carbonyl (C=O) groups excluding carboxylic acids is 3. The van der Waals surface area contributed by atoms with Gasteiger partial charge in [-0.3, -0.25) is 14.4 Å². The number of anilines is 1. The summed E-state index contributed by atoms with van der Waals surface area (Å²) in [7, 11) is 0. The maximum atomic E-state index is 13.3. The lowest BCUT2D eigenvalue weighted by Crippen LogP contribution is -2.52. The van der Waals surface area contributed by atoms with Gasteiger partial charge in [-0.25, -0.2) is 4.90 Å². The minimum absolute atomic E-state index is 0.190. The quantitative estimate of drug-likeness (QED) is 0.723. The van der Waals surface area contributed by atoms with Crippen LogP contribution in [0.2, 0.25) is 5.02 Å². The lowest BCUT2D eigenvalue weighted by atomic mass is 10.0. The fraction of sp³-hybridized carbons (Fsp3) is 0.250. The number of para-hydroxylation sites is 1. The van der Waals surface area contributed by atoms with Crippen LogP contribution in [0.25, 0.3) is 0 Å². The molecule has 0 unspecified atom stereocenters. The van der Waals surface area contributed by atoms with E-state index in [0.717, 1.165) is 17.7 Å². The van der Waals surface area contributed by atoms with E-state index in [4.69, 9.17) is 11.6 Å². The summed E-state index contributed by atoms with van der Waals surface area (Å²) in [6.45, 7) is 0.534. The van der Waals surface area contributed by atoms with Crippen LogP contribution in [0.4, 0.5) is 5.69 Å². The molecule has 1 fully saturated rings. The SMILES string of the molecule is O=C(c1ccc(Cl)cc1)N1C(=O)[C@H]2CCCCN2C(=O)c2ccccc21. The summed E-state index contributed by atoms with van der Waals surface area (Å²) in [4.78, 5) is 42.2. The standard InChI is InChI=1S/C20H17ClN2O3/c21-14-10-8-13(9-11-14)18(24)23-16-6-2-1-5-15(16)19(25)22-12-4-3-7-17(22)20(23)26/h1-2,5-6,8-11,17H,3-4,7,12H2/t17-/m1/s1. The van der Waals surface area contributed by atoms with Crippen LogP contribution in [0.3, 0.4) is 0 Å². The molecule has 0 bridgehead atoms. The fourth-order valence-electron chi connectivity index (χ4n) is 3.63. The van der Waals surface area contributed by atoms with Crippen molar-refractivity contribution in [2.24, 2.45) is 0 Å². The number of benzene rings is 2. The Morgan fingerprint density at radius 3 is 2.50 bits per heavy atom. The van der Waals surface area contributed by atoms with Gasteiger partial charge in [0.05, 0.1) is 11.3 Å². The number of piperidine rings is 1. The molecule has 2 aliphatic rings. The average Bonchev–Trinajstić information content (AvgIpc) is 2.76. The topological polar surface area (TPSA) is 57.7 Å². The maximum absolute atomic E-state index is 13.3. The number of hydrogen-bond acceptors (Lipinski definition) is 3. The van der Waals surface area contributed by atoms with E-state index in [1.807, 2.05) is 0 Å². The van der Waals surface area contributed by atoms with Crippen molar-refractivity contribution >= 4 is 35.0 Å². The molecule has 132 valence electrons. The molecule has 5 nitrogen and oxygen atoms in total. The van der Waals surface area contributed by atoms with E-state index < -0.39 is 11.9 Å². The highest BCUT2D eigenvalue weighted by Gasteiger charge is 2.42. The molecule has 2 heterocycles. The normalized spacial score (nSPS) is 19.7. The first kappa shape index (κ1) is 16.8. The van der Waals surface area contributed by atoms with Gasteiger partial charge in [0.25, 0.3) is 17.7 Å². The van der Waals surface area contributed by atoms with Crippen LogP contribution < -0.4 is 4.90 Å². The van der Waals surface area contributed by atoms with E-state index in [1.165, 1.54) is 0 Å². The Morgan fingerprint density at radius 2 is 1.73 bits per heavy atom. The summed E-state index contributed by atoms with van der Waals surface area (Å²) >= 11 is 5.91. The summed E-state index contributed by atoms with van der Waals surface area (Å²) < 4.78 is 0. The maximum Gasteiger partial charge on any atom is 0.265 e. The molecule has 2 aromatic carbocycles. The zero-order valence-electron chi connectivity index (χ0n) is 14.0. The number of hydrogen-bond donors (Lipinski definition) is 0. The Bertz CT molecular complexity index is 894. The highest BCUT2D eigenvalue weighted by atomic mass is 35.5. The van der Waals surface area contributed by atoms with Gasteiger partial charge in [-0.15, -0.1) is 0 Å². The first-order valence-corrected chi connectivity index (χ1v) is 8.99. The second-order valence-corrected chi connectivity index (χ2v) is 6.95. The van der Waals surface area contributed by atoms with Crippen molar-refractivity contribution in [3.05, 3.63) is 64.7 Å². The van der Waals surface area contributed by atoms with E-state index in [1.54, 1.807) is 53.4 Å². The molecule has 1 saturated heterocycles. The summed E-state index contributed by atoms with van der Waals surface area (Å²) in [6.07, 6.45) is 2.30. The minimum atomic E-state index is -0.597. The second-order valence-electron chi connectivity index (χ2n) is 6.51. The average molecular weight is 369 g/mol. The highest BCUT2D eigenvalue weighted by Crippen LogP contribution is 2.32. The van der Waals surface area contributed by atoms with E-state index in [0.29, 0.717) is 34.8 Å². The van der Waals surface area contributed by atoms with Crippen LogP contribution in [0, 0.1) is 0 Å². The van der Waals surface area contributed by atoms with Crippen LogP contribution in [0.5, 0.6) is 0 Å². The van der Waals surface area contributed by atoms with Gasteiger partial charge in [0.15, 0.2) is 0 Å². The zero-order valence-corrected chi connectivity index (χ0v) is 14.8. The van der Waals surface area contributed by atoms with Crippen molar-refractivity contribution in [3.8, 4) is 0 Å². The van der Waals surface area contributed by atoms with Gasteiger partial charge in [0, 0.05) is 17.1 Å². The third-order valence-corrected chi connectivity index (χ3v) is 5.19. The van der Waals surface area contributed by atoms with Gasteiger partial charge < -0.3 is 4.90 Å². The highest BCUT2D eigenvalue weighted by molar-refractivity contribution is 6.31. The minimum Gasteiger partial charge on any atom is -0.327 e. The Hall–Kier alpha value is -2.66. The molecule has 1 atom stereocenters. The number of nitrogens with zero attached hydrogens (tertiary/aromatic N) is 2. The molecule has 0 aromatic heterocycles. The van der Waals surface area contributed by atoms with Gasteiger partial charge in [-0.05, 0) is 55.7 Å². The predicted octanol–water partition coefficient (Wildman–Crippen LogP) is 3.52. The van der Waals surface area contributed by atoms with Gasteiger partial charge >= 0.3 is 0 Å². The van der Waals surface area contributed by atoms with E-state index >= 15 is 0 Å². The molecular weight excluding hydrogens is 352 g/mol. The summed E-state index contributed by atoms with van der Waals surface area (Å²) in [5.74, 6) is -0.979. The molecule has 0 spiro atoms. The molecule has 4 rings (SSSR count). The molecule has 26 heavy (non-hydrogen) atoms. The lowest BCUT2D eigenvalue weighted by molar-refractivity contribution is -0.123. The van der Waals surface area contributed by atoms with Crippen LogP contribution in [-0.4, -0.2) is 35.2 Å². The van der Waals surface area contributed by atoms with Gasteiger partial charge in [0.1, 0.15) is 6.04 Å². The molecule has 0 aliphatic carbocycles. The van der Waals surface area contributed by atoms with Crippen molar-refractivity contribution in [2.45, 2.75) is 25.3 Å². The van der Waals surface area contributed by atoms with E-state index in [9.17, 15) is 14.4 Å². The first-order valence-electron chi connectivity index (χ1n) is 8.62. The molecule has 0 N–H and O–H groups in total. The molecule has 2 aromatic rings. The molecular formula is C20H17ClN2O3. The summed E-state index contributed by atoms with van der Waals surface area (Å²) in [5.41, 5.74) is 1.08. The summed E-state index contributed by atoms with van der Waals surface area (Å²) in [5, 5.41) is 0.512. The number of rotatable bonds is 1. The lowest BCUT2D eigenvalue weighted by Gasteiger charge is -2.34. The molecule has 6 heteroatoms. The Kier molecular flexibility index (Phi) is 4.24. The van der Waals surface area contributed by atoms with Crippen LogP contribution in [0.1, 0.15) is 40.0 Å². The molecule has 3 amide bonds. The van der Waals surface area contributed by atoms with Gasteiger partial charge in [-0.2, -0.15) is 0 Å². The monoisotopic (exact) mass is 368 g/mol. The van der Waals surface area contributed by atoms with Crippen molar-refractivity contribution < 1.29 is 14.4 Å². The number of carbonyl (C=O) groups is 3. The van der Waals surface area contributed by atoms with Crippen LogP contribution in [0.15, 0.2) is 48.5 Å². The van der Waals surface area contributed by atoms with Crippen molar-refractivity contribution in [3.63, 3.8) is 0 Å². The predicted molar refractivity (Wildman–Crippen MR) is 98.4 cm³/mol. The number of fused-ring (bicyclic) bond motifs is 2. The molecule has 0 saturated carbocycles. The van der Waals surface area contributed by atoms with E-state index in [2.05, 4.69) is 0 Å². The largest absolute Gasteiger partial charge is 0.327 e. The van der Waals surface area contributed by atoms with Crippen molar-refractivity contribution in [1.82, 2.24) is 4.90 Å². The number of amides is 3. The van der Waals surface area contributed by atoms with Crippen molar-refractivity contribution in [1.29, 1.82) is 0 Å². The Balaban J connectivity index is 1.85. The first-order chi connectivity index (χ1) is 12.6. The van der Waals surface area contributed by atoms with Crippen molar-refractivity contribution in [2.75, 3.05) is 11.4 Å². The fourth-order valence-corrected chi connectivity index (χ4v) is 3.76. The smallest absolute Gasteiger partial charge is 0.265 e. The van der Waals surface area contributed by atoms with Gasteiger partial charge in [-0.1, -0.05) is 23.7 Å². The van der Waals surface area contributed by atoms with Gasteiger partial charge in [0.2, 0.25) is 0 Å². The second kappa shape index (κ2) is 6.57. The number of halogens is 1. The molecule has 2 aliphatic heterocycles. The molecule has 0 radical (unpaired) electrons. The zero-order chi connectivity index (χ0) is 18.3. The summed E-state index contributed by atoms with van der Waals surface area (Å²) in [6, 6.07) is 12.6. The third-order valence-electron chi connectivity index (χ3n) is 4.94. The van der Waals surface area contributed by atoms with Crippen LogP contribution >= 0.6 is 11.6 Å². The van der Waals surface area contributed by atoms with E-state index in [-0.39, 0.29) is 11.8 Å². The Labute approximate surface area is 156 Å². The number of imide groups is 1. The van der Waals surface area contributed by atoms with Crippen LogP contribution in [-0.2, 0) is 4.79 Å². The third kappa shape index (κ3) is 2.69.